The first-order chi connectivity index (χ1) is 7.84. The van der Waals surface area contributed by atoms with Crippen LogP contribution in [-0.4, -0.2) is 34.7 Å². The molecule has 17 heavy (non-hydrogen) atoms. The third-order valence-electron chi connectivity index (χ3n) is 2.46. The molecule has 0 saturated carbocycles. The van der Waals surface area contributed by atoms with E-state index >= 15 is 0 Å². The first-order valence-corrected chi connectivity index (χ1v) is 5.67. The average Bonchev–Trinajstić information content (AvgIpc) is 2.23. The molecule has 0 amide bonds. The number of carboxylic acids is 1. The minimum absolute atomic E-state index is 0.0860. The highest BCUT2D eigenvalue weighted by molar-refractivity contribution is 6.02. The van der Waals surface area contributed by atoms with Crippen LogP contribution in [0.3, 0.4) is 0 Å². The third kappa shape index (κ3) is 7.59. The summed E-state index contributed by atoms with van der Waals surface area (Å²) in [5.74, 6) is -1.15. The normalized spacial score (nSPS) is 14.1. The Kier molecular flexibility index (Phi) is 7.32. The van der Waals surface area contributed by atoms with Crippen molar-refractivity contribution in [1.29, 1.82) is 5.41 Å². The lowest BCUT2D eigenvalue weighted by molar-refractivity contribution is -0.138. The Balaban J connectivity index is 3.65. The molecule has 0 spiro atoms. The zero-order valence-corrected chi connectivity index (χ0v) is 10.1. The summed E-state index contributed by atoms with van der Waals surface area (Å²) in [7, 11) is 0. The van der Waals surface area contributed by atoms with E-state index in [4.69, 9.17) is 22.0 Å². The zero-order valence-electron chi connectivity index (χ0n) is 10.1. The number of nitrogens with two attached hydrogens (primary N) is 2. The number of hydrogen-bond donors (Lipinski definition) is 4. The van der Waals surface area contributed by atoms with Crippen LogP contribution in [0.4, 0.5) is 0 Å². The monoisotopic (exact) mass is 243 g/mol. The van der Waals surface area contributed by atoms with Crippen molar-refractivity contribution in [3.8, 4) is 0 Å². The van der Waals surface area contributed by atoms with Gasteiger partial charge in [-0.25, -0.2) is 0 Å². The van der Waals surface area contributed by atoms with E-state index in [9.17, 15) is 9.59 Å². The molecule has 0 radical (unpaired) electrons. The van der Waals surface area contributed by atoms with Crippen LogP contribution in [0.1, 0.15) is 39.0 Å². The summed E-state index contributed by atoms with van der Waals surface area (Å²) in [6.45, 7) is 1.60. The summed E-state index contributed by atoms with van der Waals surface area (Å²) >= 11 is 0. The summed E-state index contributed by atoms with van der Waals surface area (Å²) in [5, 5.41) is 16.1. The van der Waals surface area contributed by atoms with Crippen molar-refractivity contribution < 1.29 is 14.7 Å². The summed E-state index contributed by atoms with van der Waals surface area (Å²) < 4.78 is 0. The number of Topliss-reactive ketones (excluding diaryl/α,β-unsaturated/α-hetero) is 1. The van der Waals surface area contributed by atoms with Gasteiger partial charge in [0.2, 0.25) is 0 Å². The van der Waals surface area contributed by atoms with Crippen molar-refractivity contribution >= 4 is 17.5 Å². The fourth-order valence-electron chi connectivity index (χ4n) is 1.29. The number of rotatable bonds is 9. The number of aliphatic carboxylic acids is 1. The molecule has 0 fully saturated rings. The largest absolute Gasteiger partial charge is 0.480 e. The van der Waals surface area contributed by atoms with Crippen molar-refractivity contribution in [2.24, 2.45) is 11.5 Å². The van der Waals surface area contributed by atoms with Crippen molar-refractivity contribution in [2.75, 3.05) is 0 Å². The summed E-state index contributed by atoms with van der Waals surface area (Å²) in [6, 6.07) is -1.37. The van der Waals surface area contributed by atoms with Gasteiger partial charge in [0.1, 0.15) is 6.04 Å². The van der Waals surface area contributed by atoms with Gasteiger partial charge in [-0.15, -0.1) is 0 Å². The molecule has 2 unspecified atom stereocenters. The number of ketones is 1. The van der Waals surface area contributed by atoms with E-state index in [0.717, 1.165) is 0 Å². The maximum atomic E-state index is 11.2. The molecule has 0 rings (SSSR count). The van der Waals surface area contributed by atoms with Gasteiger partial charge in [-0.1, -0.05) is 6.42 Å². The molecule has 6 N–H and O–H groups in total. The highest BCUT2D eigenvalue weighted by Gasteiger charge is 2.12. The maximum absolute atomic E-state index is 11.2. The SMILES string of the molecule is CC(N)C(=O)CC(=N)CCCCC(N)C(=O)O. The second-order valence-corrected chi connectivity index (χ2v) is 4.23. The minimum atomic E-state index is -1.01. The molecule has 0 saturated heterocycles. The number of carbonyl (C=O) groups is 2. The minimum Gasteiger partial charge on any atom is -0.480 e. The van der Waals surface area contributed by atoms with Gasteiger partial charge in [-0.2, -0.15) is 0 Å². The first-order valence-electron chi connectivity index (χ1n) is 5.67. The first kappa shape index (κ1) is 15.7. The Morgan fingerprint density at radius 3 is 2.35 bits per heavy atom. The van der Waals surface area contributed by atoms with Gasteiger partial charge in [0.25, 0.3) is 0 Å². The second-order valence-electron chi connectivity index (χ2n) is 4.23. The lowest BCUT2D eigenvalue weighted by Gasteiger charge is -2.07. The Morgan fingerprint density at radius 2 is 1.88 bits per heavy atom. The molecule has 0 aliphatic carbocycles. The number of nitrogens with one attached hydrogen (secondary N) is 1. The molecule has 98 valence electrons. The number of carboxylic acid groups (broad SMARTS) is 1. The van der Waals surface area contributed by atoms with Gasteiger partial charge < -0.3 is 22.0 Å². The fourth-order valence-corrected chi connectivity index (χ4v) is 1.29. The molecular formula is C11H21N3O3. The van der Waals surface area contributed by atoms with E-state index < -0.39 is 18.1 Å². The molecule has 6 heteroatoms. The predicted octanol–water partition coefficient (Wildman–Crippen LogP) is 0.285. The Labute approximate surface area is 101 Å². The maximum Gasteiger partial charge on any atom is 0.320 e. The van der Waals surface area contributed by atoms with Crippen LogP contribution in [0.15, 0.2) is 0 Å². The smallest absolute Gasteiger partial charge is 0.320 e. The van der Waals surface area contributed by atoms with Crippen LogP contribution in [0, 0.1) is 5.41 Å². The third-order valence-corrected chi connectivity index (χ3v) is 2.46. The van der Waals surface area contributed by atoms with E-state index in [0.29, 0.717) is 31.4 Å². The quantitative estimate of drug-likeness (QED) is 0.341. The highest BCUT2D eigenvalue weighted by Crippen LogP contribution is 2.05. The topological polar surface area (TPSA) is 130 Å². The van der Waals surface area contributed by atoms with Gasteiger partial charge in [0.05, 0.1) is 6.04 Å². The highest BCUT2D eigenvalue weighted by atomic mass is 16.4. The van der Waals surface area contributed by atoms with Crippen molar-refractivity contribution in [2.45, 2.75) is 51.1 Å². The lowest BCUT2D eigenvalue weighted by atomic mass is 10.0. The Morgan fingerprint density at radius 1 is 1.29 bits per heavy atom. The van der Waals surface area contributed by atoms with Crippen LogP contribution in [0.25, 0.3) is 0 Å². The van der Waals surface area contributed by atoms with Gasteiger partial charge in [0.15, 0.2) is 5.78 Å². The Bertz CT molecular complexity index is 290. The lowest BCUT2D eigenvalue weighted by Crippen LogP contribution is -2.30. The summed E-state index contributed by atoms with van der Waals surface area (Å²) in [4.78, 5) is 21.6. The molecule has 0 aliphatic rings. The molecule has 0 bridgehead atoms. The standard InChI is InChI=1S/C11H21N3O3/c1-7(12)10(15)6-8(13)4-2-3-5-9(14)11(16)17/h7,9,13H,2-6,12,14H2,1H3,(H,16,17). The van der Waals surface area contributed by atoms with E-state index in [1.54, 1.807) is 6.92 Å². The van der Waals surface area contributed by atoms with Crippen molar-refractivity contribution in [3.05, 3.63) is 0 Å². The average molecular weight is 243 g/mol. The van der Waals surface area contributed by atoms with E-state index in [1.165, 1.54) is 0 Å². The second kappa shape index (κ2) is 7.92. The van der Waals surface area contributed by atoms with E-state index in [-0.39, 0.29) is 12.2 Å². The molecule has 2 atom stereocenters. The molecule has 0 aromatic heterocycles. The van der Waals surface area contributed by atoms with E-state index in [2.05, 4.69) is 0 Å². The van der Waals surface area contributed by atoms with Crippen LogP contribution in [0.5, 0.6) is 0 Å². The molecule has 6 nitrogen and oxygen atoms in total. The number of hydrogen-bond acceptors (Lipinski definition) is 5. The van der Waals surface area contributed by atoms with Crippen LogP contribution in [-0.2, 0) is 9.59 Å². The number of unbranched alkanes of at least 4 members (excludes halogenated alkanes) is 1. The van der Waals surface area contributed by atoms with Crippen LogP contribution < -0.4 is 11.5 Å². The van der Waals surface area contributed by atoms with Crippen LogP contribution >= 0.6 is 0 Å². The molecule has 0 aromatic rings. The van der Waals surface area contributed by atoms with Crippen molar-refractivity contribution in [1.82, 2.24) is 0 Å². The Hall–Kier alpha value is -1.27. The zero-order chi connectivity index (χ0) is 13.4. The van der Waals surface area contributed by atoms with Crippen LogP contribution in [0.2, 0.25) is 0 Å². The van der Waals surface area contributed by atoms with E-state index in [1.807, 2.05) is 0 Å². The summed E-state index contributed by atoms with van der Waals surface area (Å²) in [5.41, 5.74) is 11.1. The van der Waals surface area contributed by atoms with Gasteiger partial charge in [0, 0.05) is 12.1 Å². The van der Waals surface area contributed by atoms with Gasteiger partial charge in [-0.05, 0) is 26.2 Å². The molecule has 0 aliphatic heterocycles. The molecule has 0 heterocycles. The van der Waals surface area contributed by atoms with Gasteiger partial charge in [-0.3, -0.25) is 9.59 Å². The van der Waals surface area contributed by atoms with Crippen molar-refractivity contribution in [3.63, 3.8) is 0 Å². The predicted molar refractivity (Wildman–Crippen MR) is 65.1 cm³/mol. The van der Waals surface area contributed by atoms with Gasteiger partial charge >= 0.3 is 5.97 Å². The fraction of sp³-hybridized carbons (Fsp3) is 0.727. The summed E-state index contributed by atoms with van der Waals surface area (Å²) in [6.07, 6.45) is 2.28. The molecule has 0 aromatic carbocycles. The number of carbonyl (C=O) groups excluding carboxylic acids is 1. The molecular weight excluding hydrogens is 222 g/mol.